The molecule has 0 radical (unpaired) electrons. The van der Waals surface area contributed by atoms with Crippen LogP contribution in [-0.4, -0.2) is 73.2 Å². The maximum atomic E-state index is 13.4. The predicted octanol–water partition coefficient (Wildman–Crippen LogP) is 5.21. The molecule has 2 aromatic heterocycles. The van der Waals surface area contributed by atoms with Gasteiger partial charge in [0.25, 0.3) is 5.56 Å². The van der Waals surface area contributed by atoms with Gasteiger partial charge >= 0.3 is 0 Å². The Morgan fingerprint density at radius 1 is 0.885 bits per heavy atom. The number of ether oxygens (including phenoxy) is 2. The maximum absolute atomic E-state index is 13.4. The first kappa shape index (κ1) is 34.3. The number of Topliss-reactive ketones (excluding diaryl/α,β-unsaturated/α-hetero) is 2. The molecule has 1 spiro atoms. The van der Waals surface area contributed by atoms with Gasteiger partial charge in [0.05, 0.1) is 31.1 Å². The Kier molecular flexibility index (Phi) is 8.77. The van der Waals surface area contributed by atoms with E-state index in [1.807, 2.05) is 41.9 Å². The van der Waals surface area contributed by atoms with Gasteiger partial charge in [-0.15, -0.1) is 11.3 Å². The third-order valence-corrected chi connectivity index (χ3v) is 12.7. The van der Waals surface area contributed by atoms with Gasteiger partial charge in [0.1, 0.15) is 11.5 Å². The molecule has 5 heterocycles. The van der Waals surface area contributed by atoms with Gasteiger partial charge < -0.3 is 18.9 Å². The lowest BCUT2D eigenvalue weighted by molar-refractivity contribution is -0.136. The van der Waals surface area contributed by atoms with Crippen LogP contribution in [0.4, 0.5) is 5.69 Å². The molecule has 52 heavy (non-hydrogen) atoms. The van der Waals surface area contributed by atoms with Crippen LogP contribution in [0.5, 0.6) is 11.5 Å². The van der Waals surface area contributed by atoms with Gasteiger partial charge in [0.2, 0.25) is 11.8 Å². The minimum atomic E-state index is -0.762. The number of thiophene rings is 1. The van der Waals surface area contributed by atoms with Crippen molar-refractivity contribution in [2.75, 3.05) is 45.3 Å². The molecule has 3 aliphatic heterocycles. The largest absolute Gasteiger partial charge is 0.496 e. The Labute approximate surface area is 305 Å². The Morgan fingerprint density at radius 3 is 2.29 bits per heavy atom. The van der Waals surface area contributed by atoms with Crippen molar-refractivity contribution in [1.29, 1.82) is 0 Å². The molecular formula is C40H42N4O7S. The summed E-state index contributed by atoms with van der Waals surface area (Å²) < 4.78 is 14.4. The fraction of sp³-hybridized carbons (Fsp3) is 0.425. The summed E-state index contributed by atoms with van der Waals surface area (Å²) in [4.78, 5) is 67.7. The summed E-state index contributed by atoms with van der Waals surface area (Å²) >= 11 is 1.55. The number of piperidine rings is 2. The molecule has 270 valence electrons. The first-order chi connectivity index (χ1) is 25.1. The van der Waals surface area contributed by atoms with E-state index in [9.17, 15) is 24.0 Å². The van der Waals surface area contributed by atoms with Crippen molar-refractivity contribution < 1.29 is 28.7 Å². The number of amides is 2. The molecule has 0 bridgehead atoms. The van der Waals surface area contributed by atoms with Gasteiger partial charge in [0, 0.05) is 77.7 Å². The average Bonchev–Trinajstić information content (AvgIpc) is 3.71. The standard InChI is InChI=1S/C40H42N4O7S/c1-42-19-30(37-28(39(42)49)10-15-52-37)24-16-32(50-2)31(33(17-24)51-3)20-43-13-11-40(12-14-43)21-44(22-40)25-6-8-26-29(18-25)36(47)27(35(26)46)7-4-23-5-9-34(45)41-38(23)48/h6,8,10,15-19,23,27H,4-5,7,9,11-14,20-22H2,1-3H3,(H,41,45,48). The summed E-state index contributed by atoms with van der Waals surface area (Å²) in [6.07, 6.45) is 5.45. The van der Waals surface area contributed by atoms with E-state index in [1.54, 1.807) is 43.2 Å². The van der Waals surface area contributed by atoms with E-state index in [-0.39, 0.29) is 40.3 Å². The molecule has 4 aliphatic rings. The second kappa shape index (κ2) is 13.3. The SMILES string of the molecule is COc1cc(-c2cn(C)c(=O)c3ccsc23)cc(OC)c1CN1CCC2(CC1)CN(c1ccc3c(c1)C(=O)C(CCC1CCC(=O)NC1=O)C3=O)C2. The van der Waals surface area contributed by atoms with E-state index in [0.29, 0.717) is 48.7 Å². The van der Waals surface area contributed by atoms with Gasteiger partial charge in [-0.2, -0.15) is 0 Å². The summed E-state index contributed by atoms with van der Waals surface area (Å²) in [5.41, 5.74) is 5.01. The van der Waals surface area contributed by atoms with E-state index < -0.39 is 5.92 Å². The average molecular weight is 723 g/mol. The van der Waals surface area contributed by atoms with E-state index in [4.69, 9.17) is 9.47 Å². The van der Waals surface area contributed by atoms with Crippen molar-refractivity contribution in [2.45, 2.75) is 45.1 Å². The number of carbonyl (C=O) groups excluding carboxylic acids is 4. The van der Waals surface area contributed by atoms with Gasteiger partial charge in [-0.3, -0.25) is 34.2 Å². The number of nitrogens with one attached hydrogen (secondary N) is 1. The van der Waals surface area contributed by atoms with Crippen LogP contribution in [0.25, 0.3) is 21.2 Å². The molecule has 2 aromatic carbocycles. The molecule has 2 atom stereocenters. The Balaban J connectivity index is 0.901. The predicted molar refractivity (Wildman–Crippen MR) is 198 cm³/mol. The van der Waals surface area contributed by atoms with Crippen LogP contribution < -0.4 is 25.2 Å². The lowest BCUT2D eigenvalue weighted by atomic mass is 9.71. The topological polar surface area (TPSA) is 127 Å². The third kappa shape index (κ3) is 5.91. The van der Waals surface area contributed by atoms with Gasteiger partial charge in [-0.1, -0.05) is 0 Å². The highest BCUT2D eigenvalue weighted by molar-refractivity contribution is 7.17. The van der Waals surface area contributed by atoms with Crippen molar-refractivity contribution in [3.8, 4) is 22.6 Å². The van der Waals surface area contributed by atoms with Crippen LogP contribution in [-0.2, 0) is 23.2 Å². The first-order valence-electron chi connectivity index (χ1n) is 17.9. The maximum Gasteiger partial charge on any atom is 0.259 e. The number of aryl methyl sites for hydroxylation is 1. The zero-order valence-electron chi connectivity index (χ0n) is 29.7. The molecule has 2 unspecified atom stereocenters. The number of benzene rings is 2. The van der Waals surface area contributed by atoms with E-state index in [1.165, 1.54) is 0 Å². The van der Waals surface area contributed by atoms with Crippen molar-refractivity contribution in [1.82, 2.24) is 14.8 Å². The third-order valence-electron chi connectivity index (χ3n) is 11.7. The minimum Gasteiger partial charge on any atom is -0.496 e. The molecule has 1 N–H and O–H groups in total. The lowest BCUT2D eigenvalue weighted by Gasteiger charge is -2.55. The van der Waals surface area contributed by atoms with Crippen LogP contribution >= 0.6 is 11.3 Å². The second-order valence-corrected chi connectivity index (χ2v) is 15.8. The highest BCUT2D eigenvalue weighted by Crippen LogP contribution is 2.45. The highest BCUT2D eigenvalue weighted by Gasteiger charge is 2.46. The Bertz CT molecular complexity index is 2160. The fourth-order valence-corrected chi connectivity index (χ4v) is 9.57. The molecule has 1 aliphatic carbocycles. The van der Waals surface area contributed by atoms with Crippen LogP contribution in [0.1, 0.15) is 64.8 Å². The van der Waals surface area contributed by atoms with Crippen molar-refractivity contribution in [3.05, 3.63) is 75.0 Å². The molecule has 2 amide bonds. The van der Waals surface area contributed by atoms with E-state index in [0.717, 1.165) is 77.6 Å². The number of likely N-dealkylation sites (tertiary alicyclic amines) is 1. The number of ketones is 2. The van der Waals surface area contributed by atoms with Gasteiger partial charge in [-0.25, -0.2) is 0 Å². The molecular weight excluding hydrogens is 681 g/mol. The number of hydrogen-bond acceptors (Lipinski definition) is 10. The van der Waals surface area contributed by atoms with E-state index >= 15 is 0 Å². The number of rotatable bonds is 9. The number of pyridine rings is 1. The summed E-state index contributed by atoms with van der Waals surface area (Å²) in [7, 11) is 5.14. The molecule has 0 saturated carbocycles. The molecule has 8 rings (SSSR count). The van der Waals surface area contributed by atoms with Gasteiger partial charge in [-0.05, 0) is 92.5 Å². The number of imide groups is 1. The number of nitrogens with zero attached hydrogens (tertiary/aromatic N) is 3. The van der Waals surface area contributed by atoms with Crippen LogP contribution in [0.15, 0.2) is 52.8 Å². The van der Waals surface area contributed by atoms with Crippen molar-refractivity contribution >= 4 is 50.5 Å². The van der Waals surface area contributed by atoms with Crippen LogP contribution in [0.2, 0.25) is 0 Å². The number of aromatic nitrogens is 1. The smallest absolute Gasteiger partial charge is 0.259 e. The Morgan fingerprint density at radius 2 is 1.60 bits per heavy atom. The zero-order chi connectivity index (χ0) is 36.3. The Hall–Kier alpha value is -4.81. The number of hydrogen-bond donors (Lipinski definition) is 1. The lowest BCUT2D eigenvalue weighted by Crippen LogP contribution is -2.60. The fourth-order valence-electron chi connectivity index (χ4n) is 8.65. The van der Waals surface area contributed by atoms with E-state index in [2.05, 4.69) is 15.1 Å². The van der Waals surface area contributed by atoms with Gasteiger partial charge in [0.15, 0.2) is 11.6 Å². The number of anilines is 1. The monoisotopic (exact) mass is 722 g/mol. The summed E-state index contributed by atoms with van der Waals surface area (Å²) in [5.74, 6) is -0.498. The number of carbonyl (C=O) groups is 4. The molecule has 11 nitrogen and oxygen atoms in total. The summed E-state index contributed by atoms with van der Waals surface area (Å²) in [6.45, 7) is 4.37. The van der Waals surface area contributed by atoms with Crippen LogP contribution in [0, 0.1) is 17.3 Å². The molecule has 3 saturated heterocycles. The number of methoxy groups -OCH3 is 2. The second-order valence-electron chi connectivity index (χ2n) is 14.9. The zero-order valence-corrected chi connectivity index (χ0v) is 30.5. The normalized spacial score (nSPS) is 21.4. The molecule has 12 heteroatoms. The molecule has 4 aromatic rings. The first-order valence-corrected chi connectivity index (χ1v) is 18.8. The highest BCUT2D eigenvalue weighted by atomic mass is 32.1. The quantitative estimate of drug-likeness (QED) is 0.183. The minimum absolute atomic E-state index is 0.0131. The van der Waals surface area contributed by atoms with Crippen LogP contribution in [0.3, 0.4) is 0 Å². The number of fused-ring (bicyclic) bond motifs is 2. The summed E-state index contributed by atoms with van der Waals surface area (Å²) in [5, 5.41) is 5.02. The summed E-state index contributed by atoms with van der Waals surface area (Å²) in [6, 6.07) is 11.6. The molecule has 3 fully saturated rings. The van der Waals surface area contributed by atoms with Crippen molar-refractivity contribution in [3.63, 3.8) is 0 Å². The van der Waals surface area contributed by atoms with Crippen molar-refractivity contribution in [2.24, 2.45) is 24.3 Å².